The van der Waals surface area contributed by atoms with E-state index in [9.17, 15) is 9.59 Å². The predicted octanol–water partition coefficient (Wildman–Crippen LogP) is 5.37. The maximum absolute atomic E-state index is 13.6. The first kappa shape index (κ1) is 22.4. The van der Waals surface area contributed by atoms with Crippen molar-refractivity contribution in [3.8, 4) is 11.5 Å². The van der Waals surface area contributed by atoms with Crippen molar-refractivity contribution in [3.05, 3.63) is 88.1 Å². The fraction of sp³-hybridized carbons (Fsp3) is 0.154. The van der Waals surface area contributed by atoms with Crippen LogP contribution < -0.4 is 19.7 Å². The van der Waals surface area contributed by atoms with Gasteiger partial charge in [0.05, 0.1) is 31.2 Å². The molecule has 0 aliphatic carbocycles. The Kier molecular flexibility index (Phi) is 6.11. The molecule has 0 aromatic heterocycles. The van der Waals surface area contributed by atoms with Crippen LogP contribution in [0.15, 0.2) is 66.4 Å². The molecule has 0 bridgehead atoms. The number of imide groups is 1. The van der Waals surface area contributed by atoms with Gasteiger partial charge in [0, 0.05) is 11.1 Å². The van der Waals surface area contributed by atoms with Crippen LogP contribution in [0.1, 0.15) is 16.7 Å². The number of ether oxygens (including phenoxy) is 2. The van der Waals surface area contributed by atoms with Gasteiger partial charge in [-0.05, 0) is 55.3 Å². The van der Waals surface area contributed by atoms with Crippen molar-refractivity contribution in [1.82, 2.24) is 0 Å². The quantitative estimate of drug-likeness (QED) is 0.499. The first-order valence-electron chi connectivity index (χ1n) is 10.3. The van der Waals surface area contributed by atoms with Crippen LogP contribution >= 0.6 is 11.6 Å². The Morgan fingerprint density at radius 3 is 2.21 bits per heavy atom. The van der Waals surface area contributed by atoms with Crippen LogP contribution in [-0.4, -0.2) is 26.0 Å². The minimum absolute atomic E-state index is 0.157. The van der Waals surface area contributed by atoms with Gasteiger partial charge in [0.15, 0.2) is 0 Å². The summed E-state index contributed by atoms with van der Waals surface area (Å²) in [7, 11) is 3.09. The molecule has 1 aliphatic rings. The number of carbonyl (C=O) groups is 2. The fourth-order valence-corrected chi connectivity index (χ4v) is 4.00. The number of nitrogens with one attached hydrogen (secondary N) is 1. The Morgan fingerprint density at radius 2 is 1.58 bits per heavy atom. The zero-order valence-electron chi connectivity index (χ0n) is 18.7. The molecule has 0 radical (unpaired) electrons. The molecule has 3 aromatic carbocycles. The van der Waals surface area contributed by atoms with E-state index in [1.807, 2.05) is 38.1 Å². The van der Waals surface area contributed by atoms with Gasteiger partial charge >= 0.3 is 0 Å². The van der Waals surface area contributed by atoms with Crippen molar-refractivity contribution >= 4 is 40.4 Å². The smallest absolute Gasteiger partial charge is 0.282 e. The van der Waals surface area contributed by atoms with Crippen LogP contribution in [0.2, 0.25) is 5.02 Å². The molecule has 33 heavy (non-hydrogen) atoms. The van der Waals surface area contributed by atoms with E-state index < -0.39 is 11.8 Å². The van der Waals surface area contributed by atoms with E-state index in [2.05, 4.69) is 5.32 Å². The van der Waals surface area contributed by atoms with E-state index in [0.717, 1.165) is 5.56 Å². The monoisotopic (exact) mass is 462 g/mol. The molecule has 0 saturated carbocycles. The molecule has 7 heteroatoms. The minimum atomic E-state index is -0.467. The molecular weight excluding hydrogens is 440 g/mol. The average Bonchev–Trinajstić information content (AvgIpc) is 3.04. The van der Waals surface area contributed by atoms with Crippen LogP contribution in [0, 0.1) is 13.8 Å². The Balaban J connectivity index is 1.87. The Labute approximate surface area is 197 Å². The van der Waals surface area contributed by atoms with Gasteiger partial charge < -0.3 is 14.8 Å². The Bertz CT molecular complexity index is 1280. The zero-order chi connectivity index (χ0) is 23.7. The lowest BCUT2D eigenvalue weighted by Crippen LogP contribution is -2.33. The summed E-state index contributed by atoms with van der Waals surface area (Å²) in [6, 6.07) is 17.7. The first-order chi connectivity index (χ1) is 15.8. The van der Waals surface area contributed by atoms with E-state index >= 15 is 0 Å². The number of amides is 2. The normalized spacial score (nSPS) is 13.5. The number of rotatable bonds is 6. The van der Waals surface area contributed by atoms with E-state index in [4.69, 9.17) is 21.1 Å². The summed E-state index contributed by atoms with van der Waals surface area (Å²) in [6.45, 7) is 3.77. The van der Waals surface area contributed by atoms with Crippen molar-refractivity contribution in [2.24, 2.45) is 0 Å². The summed E-state index contributed by atoms with van der Waals surface area (Å²) in [5.41, 5.74) is 3.82. The van der Waals surface area contributed by atoms with E-state index in [0.29, 0.717) is 39.0 Å². The summed E-state index contributed by atoms with van der Waals surface area (Å²) in [6.07, 6.45) is 0. The van der Waals surface area contributed by atoms with Gasteiger partial charge in [-0.25, -0.2) is 4.90 Å². The van der Waals surface area contributed by atoms with Gasteiger partial charge in [-0.1, -0.05) is 41.4 Å². The molecule has 2 amide bonds. The third-order valence-corrected chi connectivity index (χ3v) is 5.73. The molecule has 3 aromatic rings. The maximum Gasteiger partial charge on any atom is 0.282 e. The number of hydrogen-bond donors (Lipinski definition) is 1. The number of halogens is 1. The second kappa shape index (κ2) is 9.00. The lowest BCUT2D eigenvalue weighted by Gasteiger charge is -2.18. The van der Waals surface area contributed by atoms with Crippen LogP contribution in [0.4, 0.5) is 11.4 Å². The van der Waals surface area contributed by atoms with Crippen LogP contribution in [0.3, 0.4) is 0 Å². The maximum atomic E-state index is 13.6. The molecule has 6 nitrogen and oxygen atoms in total. The summed E-state index contributed by atoms with van der Waals surface area (Å²) in [4.78, 5) is 28.5. The number of anilines is 2. The molecule has 1 aliphatic heterocycles. The number of aryl methyl sites for hydroxylation is 2. The van der Waals surface area contributed by atoms with Crippen LogP contribution in [0.5, 0.6) is 11.5 Å². The van der Waals surface area contributed by atoms with Crippen molar-refractivity contribution in [3.63, 3.8) is 0 Å². The van der Waals surface area contributed by atoms with Crippen molar-refractivity contribution in [1.29, 1.82) is 0 Å². The highest BCUT2D eigenvalue weighted by Crippen LogP contribution is 2.38. The van der Waals surface area contributed by atoms with Gasteiger partial charge in [-0.2, -0.15) is 0 Å². The zero-order valence-corrected chi connectivity index (χ0v) is 19.5. The highest BCUT2D eigenvalue weighted by molar-refractivity contribution is 6.46. The third kappa shape index (κ3) is 4.17. The van der Waals surface area contributed by atoms with Crippen molar-refractivity contribution in [2.75, 3.05) is 24.4 Å². The second-order valence-corrected chi connectivity index (χ2v) is 8.12. The molecule has 168 valence electrons. The highest BCUT2D eigenvalue weighted by atomic mass is 35.5. The van der Waals surface area contributed by atoms with Gasteiger partial charge in [-0.15, -0.1) is 0 Å². The minimum Gasteiger partial charge on any atom is -0.497 e. The predicted molar refractivity (Wildman–Crippen MR) is 130 cm³/mol. The van der Waals surface area contributed by atoms with E-state index in [1.165, 1.54) is 12.0 Å². The molecule has 0 saturated heterocycles. The summed E-state index contributed by atoms with van der Waals surface area (Å²) in [5.74, 6) is 0.204. The third-order valence-electron chi connectivity index (χ3n) is 5.49. The Hall–Kier alpha value is -3.77. The molecular formula is C26H23ClN2O4. The van der Waals surface area contributed by atoms with Gasteiger partial charge in [0.1, 0.15) is 17.2 Å². The summed E-state index contributed by atoms with van der Waals surface area (Å²) < 4.78 is 10.8. The number of carbonyl (C=O) groups excluding carboxylic acids is 2. The topological polar surface area (TPSA) is 67.9 Å². The number of hydrogen-bond acceptors (Lipinski definition) is 5. The highest BCUT2D eigenvalue weighted by Gasteiger charge is 2.41. The molecule has 1 N–H and O–H groups in total. The van der Waals surface area contributed by atoms with Crippen LogP contribution in [0.25, 0.3) is 5.57 Å². The van der Waals surface area contributed by atoms with Crippen LogP contribution in [-0.2, 0) is 9.59 Å². The molecule has 0 atom stereocenters. The molecule has 1 heterocycles. The number of nitrogens with zero attached hydrogens (tertiary/aromatic N) is 1. The van der Waals surface area contributed by atoms with Crippen molar-refractivity contribution in [2.45, 2.75) is 13.8 Å². The number of benzene rings is 3. The van der Waals surface area contributed by atoms with E-state index in [1.54, 1.807) is 43.5 Å². The number of methoxy groups -OCH3 is 2. The molecule has 4 rings (SSSR count). The summed E-state index contributed by atoms with van der Waals surface area (Å²) in [5, 5.41) is 3.67. The Morgan fingerprint density at radius 1 is 0.848 bits per heavy atom. The molecule has 0 spiro atoms. The van der Waals surface area contributed by atoms with Crippen molar-refractivity contribution < 1.29 is 19.1 Å². The average molecular weight is 463 g/mol. The first-order valence-corrected chi connectivity index (χ1v) is 10.7. The molecule has 0 unspecified atom stereocenters. The lowest BCUT2D eigenvalue weighted by molar-refractivity contribution is -0.120. The van der Waals surface area contributed by atoms with E-state index in [-0.39, 0.29) is 11.3 Å². The van der Waals surface area contributed by atoms with Gasteiger partial charge in [-0.3, -0.25) is 9.59 Å². The molecule has 0 fully saturated rings. The summed E-state index contributed by atoms with van der Waals surface area (Å²) >= 11 is 6.10. The standard InChI is InChI=1S/C26H23ClN2O4/c1-15-5-7-17(8-6-15)23-24(28-20-14-19(32-3)10-12-22(20)33-4)26(31)29(25(23)30)21-11-9-18(27)13-16(21)2/h5-14,28H,1-4H3. The lowest BCUT2D eigenvalue weighted by atomic mass is 10.0. The largest absolute Gasteiger partial charge is 0.497 e. The second-order valence-electron chi connectivity index (χ2n) is 7.68. The SMILES string of the molecule is COc1ccc(OC)c(NC2=C(c3ccc(C)cc3)C(=O)N(c3ccc(Cl)cc3C)C2=O)c1. The van der Waals surface area contributed by atoms with Gasteiger partial charge in [0.2, 0.25) is 0 Å². The van der Waals surface area contributed by atoms with Gasteiger partial charge in [0.25, 0.3) is 11.8 Å². The fourth-order valence-electron chi connectivity index (χ4n) is 3.77.